The first-order chi connectivity index (χ1) is 11.2. The SMILES string of the molecule is O=C(CN1C(=O)CC(c2ccccc2)Sc2ccccc21)OCl. The first-order valence-corrected chi connectivity index (χ1v) is 8.30. The molecule has 0 fully saturated rings. The zero-order valence-electron chi connectivity index (χ0n) is 12.1. The minimum atomic E-state index is -0.655. The number of halogens is 1. The zero-order valence-corrected chi connectivity index (χ0v) is 13.7. The normalized spacial score (nSPS) is 17.3. The van der Waals surface area contributed by atoms with Gasteiger partial charge in [0, 0.05) is 16.6 Å². The highest BCUT2D eigenvalue weighted by Gasteiger charge is 2.30. The highest BCUT2D eigenvalue weighted by Crippen LogP contribution is 2.45. The predicted octanol–water partition coefficient (Wildman–Crippen LogP) is 3.95. The molecule has 1 amide bonds. The van der Waals surface area contributed by atoms with Gasteiger partial charge in [0.05, 0.1) is 5.69 Å². The van der Waals surface area contributed by atoms with Crippen molar-refractivity contribution < 1.29 is 13.9 Å². The molecule has 1 aliphatic rings. The maximum absolute atomic E-state index is 12.7. The quantitative estimate of drug-likeness (QED) is 0.843. The average molecular weight is 348 g/mol. The average Bonchev–Trinajstić information content (AvgIpc) is 2.73. The number of amides is 1. The van der Waals surface area contributed by atoms with E-state index in [4.69, 9.17) is 11.9 Å². The maximum atomic E-state index is 12.7. The summed E-state index contributed by atoms with van der Waals surface area (Å²) in [6, 6.07) is 17.4. The lowest BCUT2D eigenvalue weighted by atomic mass is 10.1. The number of hydrogen-bond donors (Lipinski definition) is 0. The molecule has 0 aromatic heterocycles. The molecule has 0 aliphatic carbocycles. The number of carbonyl (C=O) groups excluding carboxylic acids is 2. The van der Waals surface area contributed by atoms with Crippen LogP contribution in [0.3, 0.4) is 0 Å². The molecule has 0 bridgehead atoms. The number of para-hydroxylation sites is 1. The number of benzene rings is 2. The lowest BCUT2D eigenvalue weighted by Gasteiger charge is -2.20. The fourth-order valence-corrected chi connectivity index (χ4v) is 3.89. The Bertz CT molecular complexity index is 723. The number of carbonyl (C=O) groups is 2. The standard InChI is InChI=1S/C17H14ClNO3S/c18-22-17(21)11-19-13-8-4-5-9-14(13)23-15(10-16(19)20)12-6-2-1-3-7-12/h1-9,15H,10-11H2. The van der Waals surface area contributed by atoms with E-state index in [0.717, 1.165) is 10.5 Å². The van der Waals surface area contributed by atoms with Gasteiger partial charge >= 0.3 is 5.97 Å². The van der Waals surface area contributed by atoms with Crippen molar-refractivity contribution in [1.82, 2.24) is 0 Å². The summed E-state index contributed by atoms with van der Waals surface area (Å²) in [7, 11) is 0. The highest BCUT2D eigenvalue weighted by atomic mass is 35.5. The Labute approximate surface area is 143 Å². The van der Waals surface area contributed by atoms with Crippen molar-refractivity contribution in [2.75, 3.05) is 11.4 Å². The Morgan fingerprint density at radius 3 is 2.61 bits per heavy atom. The summed E-state index contributed by atoms with van der Waals surface area (Å²) in [6.45, 7) is -0.193. The van der Waals surface area contributed by atoms with Gasteiger partial charge in [-0.05, 0) is 17.7 Å². The Morgan fingerprint density at radius 2 is 1.87 bits per heavy atom. The van der Waals surface area contributed by atoms with E-state index in [1.54, 1.807) is 11.8 Å². The van der Waals surface area contributed by atoms with Crippen LogP contribution >= 0.6 is 23.6 Å². The van der Waals surface area contributed by atoms with E-state index in [2.05, 4.69) is 4.29 Å². The van der Waals surface area contributed by atoms with E-state index in [0.29, 0.717) is 12.1 Å². The van der Waals surface area contributed by atoms with Gasteiger partial charge in [0.1, 0.15) is 18.4 Å². The van der Waals surface area contributed by atoms with Gasteiger partial charge in [-0.1, -0.05) is 42.5 Å². The van der Waals surface area contributed by atoms with Crippen molar-refractivity contribution in [3.05, 3.63) is 60.2 Å². The number of thioether (sulfide) groups is 1. The molecule has 0 radical (unpaired) electrons. The molecule has 4 nitrogen and oxygen atoms in total. The van der Waals surface area contributed by atoms with E-state index in [9.17, 15) is 9.59 Å². The van der Waals surface area contributed by atoms with Gasteiger partial charge in [-0.25, -0.2) is 4.79 Å². The molecule has 1 aliphatic heterocycles. The summed E-state index contributed by atoms with van der Waals surface area (Å²) < 4.78 is 4.20. The topological polar surface area (TPSA) is 46.6 Å². The van der Waals surface area contributed by atoms with Crippen molar-refractivity contribution in [2.24, 2.45) is 0 Å². The fourth-order valence-electron chi connectivity index (χ4n) is 2.56. The number of anilines is 1. The number of hydrogen-bond acceptors (Lipinski definition) is 4. The molecule has 2 aromatic rings. The van der Waals surface area contributed by atoms with Crippen molar-refractivity contribution in [1.29, 1.82) is 0 Å². The molecule has 0 saturated heterocycles. The van der Waals surface area contributed by atoms with E-state index < -0.39 is 5.97 Å². The minimum absolute atomic E-state index is 0.00173. The fraction of sp³-hybridized carbons (Fsp3) is 0.176. The third-order valence-electron chi connectivity index (χ3n) is 3.63. The third kappa shape index (κ3) is 3.51. The van der Waals surface area contributed by atoms with Gasteiger partial charge in [0.15, 0.2) is 0 Å². The molecule has 0 N–H and O–H groups in total. The molecule has 0 spiro atoms. The summed E-state index contributed by atoms with van der Waals surface area (Å²) in [5.74, 6) is -0.781. The van der Waals surface area contributed by atoms with Crippen LogP contribution in [0.25, 0.3) is 0 Å². The second-order valence-electron chi connectivity index (χ2n) is 5.12. The summed E-state index contributed by atoms with van der Waals surface area (Å²) in [6.07, 6.45) is 0.304. The van der Waals surface area contributed by atoms with Gasteiger partial charge in [0.25, 0.3) is 0 Å². The van der Waals surface area contributed by atoms with Crippen molar-refractivity contribution in [2.45, 2.75) is 16.6 Å². The Kier molecular flexibility index (Phi) is 4.88. The van der Waals surface area contributed by atoms with Gasteiger partial charge in [-0.3, -0.25) is 9.69 Å². The molecule has 1 atom stereocenters. The molecule has 3 rings (SSSR count). The number of nitrogens with zero attached hydrogens (tertiary/aromatic N) is 1. The molecule has 0 saturated carbocycles. The van der Waals surface area contributed by atoms with Crippen LogP contribution in [0.15, 0.2) is 59.5 Å². The van der Waals surface area contributed by atoms with E-state index in [1.165, 1.54) is 4.90 Å². The molecule has 6 heteroatoms. The van der Waals surface area contributed by atoms with Crippen LogP contribution in [0.2, 0.25) is 0 Å². The van der Waals surface area contributed by atoms with Crippen LogP contribution in [-0.4, -0.2) is 18.4 Å². The maximum Gasteiger partial charge on any atom is 0.344 e. The predicted molar refractivity (Wildman–Crippen MR) is 90.4 cm³/mol. The van der Waals surface area contributed by atoms with Crippen LogP contribution in [-0.2, 0) is 13.9 Å². The molecule has 118 valence electrons. The summed E-state index contributed by atoms with van der Waals surface area (Å²) in [5.41, 5.74) is 1.80. The van der Waals surface area contributed by atoms with Crippen LogP contribution in [0.5, 0.6) is 0 Å². The lowest BCUT2D eigenvalue weighted by molar-refractivity contribution is -0.133. The van der Waals surface area contributed by atoms with E-state index in [-0.39, 0.29) is 17.7 Å². The van der Waals surface area contributed by atoms with Crippen LogP contribution in [0.1, 0.15) is 17.2 Å². The molecule has 1 heterocycles. The van der Waals surface area contributed by atoms with Gasteiger partial charge < -0.3 is 4.29 Å². The van der Waals surface area contributed by atoms with Crippen LogP contribution in [0, 0.1) is 0 Å². The summed E-state index contributed by atoms with van der Waals surface area (Å²) >= 11 is 6.74. The lowest BCUT2D eigenvalue weighted by Crippen LogP contribution is -2.35. The minimum Gasteiger partial charge on any atom is -0.346 e. The molecule has 2 aromatic carbocycles. The first-order valence-electron chi connectivity index (χ1n) is 7.11. The smallest absolute Gasteiger partial charge is 0.344 e. The van der Waals surface area contributed by atoms with Crippen molar-refractivity contribution in [3.8, 4) is 0 Å². The zero-order chi connectivity index (χ0) is 16.2. The monoisotopic (exact) mass is 347 g/mol. The molecule has 23 heavy (non-hydrogen) atoms. The van der Waals surface area contributed by atoms with Crippen molar-refractivity contribution in [3.63, 3.8) is 0 Å². The number of rotatable bonds is 3. The Balaban J connectivity index is 1.97. The van der Waals surface area contributed by atoms with E-state index in [1.807, 2.05) is 54.6 Å². The van der Waals surface area contributed by atoms with Gasteiger partial charge in [-0.15, -0.1) is 11.8 Å². The van der Waals surface area contributed by atoms with Crippen molar-refractivity contribution >= 4 is 41.2 Å². The van der Waals surface area contributed by atoms with Gasteiger partial charge in [-0.2, -0.15) is 0 Å². The second kappa shape index (κ2) is 7.06. The molecular formula is C17H14ClNO3S. The number of fused-ring (bicyclic) bond motifs is 1. The molecule has 1 unspecified atom stereocenters. The van der Waals surface area contributed by atoms with Crippen LogP contribution < -0.4 is 4.90 Å². The highest BCUT2D eigenvalue weighted by molar-refractivity contribution is 7.99. The summed E-state index contributed by atoms with van der Waals surface area (Å²) in [4.78, 5) is 26.6. The Hall–Kier alpha value is -1.98. The third-order valence-corrected chi connectivity index (χ3v) is 5.13. The summed E-state index contributed by atoms with van der Waals surface area (Å²) in [5, 5.41) is 0.00173. The Morgan fingerprint density at radius 1 is 1.17 bits per heavy atom. The first kappa shape index (κ1) is 15.9. The van der Waals surface area contributed by atoms with Gasteiger partial charge in [0.2, 0.25) is 5.91 Å². The largest absolute Gasteiger partial charge is 0.346 e. The van der Waals surface area contributed by atoms with E-state index >= 15 is 0 Å². The second-order valence-corrected chi connectivity index (χ2v) is 6.52. The molecular weight excluding hydrogens is 334 g/mol. The van der Waals surface area contributed by atoms with Crippen LogP contribution in [0.4, 0.5) is 5.69 Å².